The maximum atomic E-state index is 13.7. The molecule has 0 saturated carbocycles. The second-order valence-corrected chi connectivity index (χ2v) is 8.30. The fraction of sp³-hybridized carbons (Fsp3) is 0.429. The van der Waals surface area contributed by atoms with Gasteiger partial charge in [0.25, 0.3) is 0 Å². The zero-order valence-electron chi connectivity index (χ0n) is 17.4. The Labute approximate surface area is 174 Å². The lowest BCUT2D eigenvalue weighted by Gasteiger charge is -2.26. The van der Waals surface area contributed by atoms with Crippen molar-refractivity contribution in [2.75, 3.05) is 31.1 Å². The molecule has 0 unspecified atom stereocenters. The monoisotopic (exact) mass is 412 g/mol. The SMILES string of the molecule is CC(C)(C)OC(=O)N1CCCN(c2ccc3nnc(-c4cccc(F)c4)n3n2)CC1. The van der Waals surface area contributed by atoms with E-state index in [1.54, 1.807) is 21.5 Å². The van der Waals surface area contributed by atoms with Gasteiger partial charge in [-0.25, -0.2) is 9.18 Å². The number of hydrogen-bond acceptors (Lipinski definition) is 6. The van der Waals surface area contributed by atoms with Crippen LogP contribution in [0.15, 0.2) is 36.4 Å². The summed E-state index contributed by atoms with van der Waals surface area (Å²) in [7, 11) is 0. The number of aromatic nitrogens is 4. The summed E-state index contributed by atoms with van der Waals surface area (Å²) >= 11 is 0. The molecule has 1 aliphatic heterocycles. The van der Waals surface area contributed by atoms with Crippen LogP contribution in [0.5, 0.6) is 0 Å². The van der Waals surface area contributed by atoms with Crippen LogP contribution in [0.25, 0.3) is 17.0 Å². The highest BCUT2D eigenvalue weighted by molar-refractivity contribution is 5.68. The van der Waals surface area contributed by atoms with Gasteiger partial charge >= 0.3 is 6.09 Å². The predicted molar refractivity (Wildman–Crippen MR) is 111 cm³/mol. The van der Waals surface area contributed by atoms with Crippen LogP contribution in [0.4, 0.5) is 15.0 Å². The highest BCUT2D eigenvalue weighted by Crippen LogP contribution is 2.21. The molecule has 3 aromatic rings. The Morgan fingerprint density at radius 1 is 1.07 bits per heavy atom. The number of hydrogen-bond donors (Lipinski definition) is 0. The number of halogens is 1. The summed E-state index contributed by atoms with van der Waals surface area (Å²) < 4.78 is 20.8. The van der Waals surface area contributed by atoms with Gasteiger partial charge in [-0.15, -0.1) is 15.3 Å². The summed E-state index contributed by atoms with van der Waals surface area (Å²) in [5.41, 5.74) is 0.680. The van der Waals surface area contributed by atoms with Crippen LogP contribution in [0.1, 0.15) is 27.2 Å². The molecule has 1 fully saturated rings. The molecule has 0 N–H and O–H groups in total. The number of anilines is 1. The molecule has 0 atom stereocenters. The van der Waals surface area contributed by atoms with Gasteiger partial charge in [0.05, 0.1) is 0 Å². The third-order valence-corrected chi connectivity index (χ3v) is 4.80. The lowest BCUT2D eigenvalue weighted by molar-refractivity contribution is 0.0263. The fourth-order valence-corrected chi connectivity index (χ4v) is 3.41. The molecule has 3 heterocycles. The zero-order valence-corrected chi connectivity index (χ0v) is 17.4. The molecular formula is C21H25FN6O2. The minimum absolute atomic E-state index is 0.292. The van der Waals surface area contributed by atoms with Crippen molar-refractivity contribution < 1.29 is 13.9 Å². The second kappa shape index (κ2) is 7.89. The summed E-state index contributed by atoms with van der Waals surface area (Å²) in [5, 5.41) is 13.0. The van der Waals surface area contributed by atoms with Crippen LogP contribution < -0.4 is 4.90 Å². The maximum absolute atomic E-state index is 13.7. The van der Waals surface area contributed by atoms with E-state index in [1.807, 2.05) is 32.9 Å². The van der Waals surface area contributed by atoms with E-state index in [2.05, 4.69) is 15.1 Å². The summed E-state index contributed by atoms with van der Waals surface area (Å²) in [5.74, 6) is 0.901. The molecule has 1 aromatic carbocycles. The Kier molecular flexibility index (Phi) is 5.27. The van der Waals surface area contributed by atoms with Crippen molar-refractivity contribution in [2.24, 2.45) is 0 Å². The number of nitrogens with zero attached hydrogens (tertiary/aromatic N) is 6. The number of rotatable bonds is 2. The lowest BCUT2D eigenvalue weighted by Crippen LogP contribution is -2.39. The number of ether oxygens (including phenoxy) is 1. The maximum Gasteiger partial charge on any atom is 0.410 e. The summed E-state index contributed by atoms with van der Waals surface area (Å²) in [6, 6.07) is 9.94. The van der Waals surface area contributed by atoms with Crippen molar-refractivity contribution in [1.29, 1.82) is 0 Å². The minimum atomic E-state index is -0.516. The van der Waals surface area contributed by atoms with Crippen LogP contribution in [-0.4, -0.2) is 62.6 Å². The molecule has 0 radical (unpaired) electrons. The molecule has 0 aliphatic carbocycles. The molecule has 1 aliphatic rings. The Morgan fingerprint density at radius 2 is 1.90 bits per heavy atom. The predicted octanol–water partition coefficient (Wildman–Crippen LogP) is 3.38. The molecule has 1 amide bonds. The first kappa shape index (κ1) is 20.1. The van der Waals surface area contributed by atoms with E-state index in [9.17, 15) is 9.18 Å². The molecule has 30 heavy (non-hydrogen) atoms. The summed E-state index contributed by atoms with van der Waals surface area (Å²) in [6.45, 7) is 8.17. The van der Waals surface area contributed by atoms with E-state index >= 15 is 0 Å². The van der Waals surface area contributed by atoms with E-state index in [0.29, 0.717) is 36.7 Å². The van der Waals surface area contributed by atoms with Crippen LogP contribution in [-0.2, 0) is 4.74 Å². The summed E-state index contributed by atoms with van der Waals surface area (Å²) in [6.07, 6.45) is 0.512. The molecule has 8 nitrogen and oxygen atoms in total. The van der Waals surface area contributed by atoms with Gasteiger partial charge in [-0.2, -0.15) is 4.52 Å². The molecular weight excluding hydrogens is 387 g/mol. The van der Waals surface area contributed by atoms with Crippen molar-refractivity contribution in [3.05, 3.63) is 42.2 Å². The van der Waals surface area contributed by atoms with Gasteiger partial charge in [0.2, 0.25) is 0 Å². The normalized spacial score (nSPS) is 15.3. The van der Waals surface area contributed by atoms with Crippen molar-refractivity contribution >= 4 is 17.6 Å². The van der Waals surface area contributed by atoms with Crippen molar-refractivity contribution in [3.8, 4) is 11.4 Å². The summed E-state index contributed by atoms with van der Waals surface area (Å²) in [4.78, 5) is 16.3. The van der Waals surface area contributed by atoms with Crippen molar-refractivity contribution in [2.45, 2.75) is 32.8 Å². The van der Waals surface area contributed by atoms with Crippen LogP contribution in [0, 0.1) is 5.82 Å². The molecule has 9 heteroatoms. The highest BCUT2D eigenvalue weighted by atomic mass is 19.1. The average molecular weight is 412 g/mol. The number of amides is 1. The smallest absolute Gasteiger partial charge is 0.410 e. The molecule has 2 aromatic heterocycles. The van der Waals surface area contributed by atoms with Gasteiger partial charge in [0.1, 0.15) is 17.2 Å². The van der Waals surface area contributed by atoms with E-state index < -0.39 is 5.60 Å². The minimum Gasteiger partial charge on any atom is -0.444 e. The fourth-order valence-electron chi connectivity index (χ4n) is 3.41. The van der Waals surface area contributed by atoms with Gasteiger partial charge in [0.15, 0.2) is 11.5 Å². The molecule has 0 spiro atoms. The standard InChI is InChI=1S/C21H25FN6O2/c1-21(2,3)30-20(29)27-11-5-10-26(12-13-27)18-9-8-17-23-24-19(28(17)25-18)15-6-4-7-16(22)14-15/h4,6-9,14H,5,10-13H2,1-3H3. The van der Waals surface area contributed by atoms with E-state index in [-0.39, 0.29) is 11.9 Å². The Hall–Kier alpha value is -3.23. The number of carbonyl (C=O) groups is 1. The highest BCUT2D eigenvalue weighted by Gasteiger charge is 2.25. The number of benzene rings is 1. The second-order valence-electron chi connectivity index (χ2n) is 8.30. The third kappa shape index (κ3) is 4.34. The van der Waals surface area contributed by atoms with Crippen molar-refractivity contribution in [3.63, 3.8) is 0 Å². The quantitative estimate of drug-likeness (QED) is 0.642. The Bertz CT molecular complexity index is 1060. The van der Waals surface area contributed by atoms with Crippen LogP contribution in [0.3, 0.4) is 0 Å². The first-order valence-corrected chi connectivity index (χ1v) is 10.0. The van der Waals surface area contributed by atoms with Gasteiger partial charge in [0, 0.05) is 31.7 Å². The first-order valence-electron chi connectivity index (χ1n) is 10.0. The Morgan fingerprint density at radius 3 is 2.67 bits per heavy atom. The molecule has 4 rings (SSSR count). The molecule has 1 saturated heterocycles. The largest absolute Gasteiger partial charge is 0.444 e. The average Bonchev–Trinajstić information content (AvgIpc) is 2.94. The van der Waals surface area contributed by atoms with Crippen LogP contribution >= 0.6 is 0 Å². The van der Waals surface area contributed by atoms with E-state index in [0.717, 1.165) is 18.8 Å². The lowest BCUT2D eigenvalue weighted by atomic mass is 10.2. The topological polar surface area (TPSA) is 75.9 Å². The third-order valence-electron chi connectivity index (χ3n) is 4.80. The van der Waals surface area contributed by atoms with Gasteiger partial charge in [-0.3, -0.25) is 0 Å². The zero-order chi connectivity index (χ0) is 21.3. The van der Waals surface area contributed by atoms with Gasteiger partial charge < -0.3 is 14.5 Å². The van der Waals surface area contributed by atoms with Gasteiger partial charge in [-0.05, 0) is 51.5 Å². The molecule has 0 bridgehead atoms. The van der Waals surface area contributed by atoms with E-state index in [4.69, 9.17) is 9.84 Å². The number of carbonyl (C=O) groups excluding carboxylic acids is 1. The van der Waals surface area contributed by atoms with E-state index in [1.165, 1.54) is 12.1 Å². The number of fused-ring (bicyclic) bond motifs is 1. The van der Waals surface area contributed by atoms with Crippen molar-refractivity contribution in [1.82, 2.24) is 24.7 Å². The first-order chi connectivity index (χ1) is 14.3. The van der Waals surface area contributed by atoms with Gasteiger partial charge in [-0.1, -0.05) is 12.1 Å². The Balaban J connectivity index is 1.55. The van der Waals surface area contributed by atoms with Crippen LogP contribution in [0.2, 0.25) is 0 Å². The molecule has 158 valence electrons.